The van der Waals surface area contributed by atoms with Crippen molar-refractivity contribution in [1.82, 2.24) is 15.5 Å². The molecule has 6 nitrogen and oxygen atoms in total. The number of nitrogens with one attached hydrogen (secondary N) is 1. The minimum absolute atomic E-state index is 0.126. The molecule has 2 aromatic heterocycles. The highest BCUT2D eigenvalue weighted by Gasteiger charge is 2.14. The molecule has 0 aliphatic rings. The van der Waals surface area contributed by atoms with E-state index in [2.05, 4.69) is 15.5 Å². The lowest BCUT2D eigenvalue weighted by molar-refractivity contribution is 0.0914. The molecule has 2 heterocycles. The number of halogens is 1. The van der Waals surface area contributed by atoms with Crippen LogP contribution in [0.15, 0.2) is 83.5 Å². The van der Waals surface area contributed by atoms with Gasteiger partial charge in [0, 0.05) is 30.4 Å². The van der Waals surface area contributed by atoms with E-state index in [1.807, 2.05) is 30.3 Å². The number of hydrogen-bond donors (Lipinski definition) is 1. The molecule has 0 unspecified atom stereocenters. The number of ether oxygens (including phenoxy) is 1. The first kappa shape index (κ1) is 18.4. The Balaban J connectivity index is 1.38. The molecule has 1 amide bonds. The molecule has 0 spiro atoms. The van der Waals surface area contributed by atoms with Crippen LogP contribution in [0.1, 0.15) is 16.1 Å². The Bertz CT molecular complexity index is 1110. The van der Waals surface area contributed by atoms with Crippen LogP contribution < -0.4 is 10.1 Å². The van der Waals surface area contributed by atoms with Gasteiger partial charge in [-0.05, 0) is 35.9 Å². The summed E-state index contributed by atoms with van der Waals surface area (Å²) in [5.41, 5.74) is 2.25. The van der Waals surface area contributed by atoms with Crippen molar-refractivity contribution in [3.63, 3.8) is 0 Å². The number of carbonyl (C=O) groups excluding carboxylic acids is 1. The van der Waals surface area contributed by atoms with Gasteiger partial charge in [-0.1, -0.05) is 35.5 Å². The van der Waals surface area contributed by atoms with Gasteiger partial charge in [-0.25, -0.2) is 9.37 Å². The summed E-state index contributed by atoms with van der Waals surface area (Å²) in [4.78, 5) is 16.5. The van der Waals surface area contributed by atoms with Crippen LogP contribution in [0.2, 0.25) is 0 Å². The predicted molar refractivity (Wildman–Crippen MR) is 104 cm³/mol. The number of carbonyl (C=O) groups is 1. The first-order valence-corrected chi connectivity index (χ1v) is 8.86. The van der Waals surface area contributed by atoms with Crippen molar-refractivity contribution in [3.8, 4) is 22.9 Å². The lowest BCUT2D eigenvalue weighted by Gasteiger charge is -2.07. The van der Waals surface area contributed by atoms with E-state index < -0.39 is 0 Å². The zero-order valence-corrected chi connectivity index (χ0v) is 15.2. The molecule has 29 heavy (non-hydrogen) atoms. The van der Waals surface area contributed by atoms with E-state index in [9.17, 15) is 9.18 Å². The SMILES string of the molecule is O=C(NCc1ccnc(Oc2ccc(F)cc2)c1)c1cc(-c2ccccc2)no1. The molecule has 0 aliphatic carbocycles. The number of amides is 1. The van der Waals surface area contributed by atoms with Gasteiger partial charge in [0.05, 0.1) is 0 Å². The Morgan fingerprint density at radius 1 is 1.03 bits per heavy atom. The minimum Gasteiger partial charge on any atom is -0.439 e. The van der Waals surface area contributed by atoms with E-state index >= 15 is 0 Å². The molecule has 0 radical (unpaired) electrons. The molecule has 1 N–H and O–H groups in total. The van der Waals surface area contributed by atoms with Crippen LogP contribution in [-0.2, 0) is 6.54 Å². The summed E-state index contributed by atoms with van der Waals surface area (Å²) in [5, 5.41) is 6.71. The fourth-order valence-electron chi connectivity index (χ4n) is 2.64. The van der Waals surface area contributed by atoms with Crippen LogP contribution >= 0.6 is 0 Å². The monoisotopic (exact) mass is 389 g/mol. The van der Waals surface area contributed by atoms with Crippen molar-refractivity contribution in [3.05, 3.63) is 96.1 Å². The molecule has 0 saturated heterocycles. The van der Waals surface area contributed by atoms with E-state index in [1.165, 1.54) is 24.3 Å². The maximum Gasteiger partial charge on any atom is 0.290 e. The van der Waals surface area contributed by atoms with Crippen LogP contribution in [0.4, 0.5) is 4.39 Å². The van der Waals surface area contributed by atoms with Crippen LogP contribution in [0.5, 0.6) is 11.6 Å². The predicted octanol–water partition coefficient (Wildman–Crippen LogP) is 4.60. The van der Waals surface area contributed by atoms with Crippen molar-refractivity contribution >= 4 is 5.91 Å². The van der Waals surface area contributed by atoms with Gasteiger partial charge >= 0.3 is 0 Å². The Morgan fingerprint density at radius 2 is 1.83 bits per heavy atom. The van der Waals surface area contributed by atoms with Gasteiger partial charge in [0.25, 0.3) is 5.91 Å². The Kier molecular flexibility index (Phi) is 5.29. The normalized spacial score (nSPS) is 10.5. The number of rotatable bonds is 6. The topological polar surface area (TPSA) is 77.2 Å². The highest BCUT2D eigenvalue weighted by Crippen LogP contribution is 2.21. The summed E-state index contributed by atoms with van der Waals surface area (Å²) in [6, 6.07) is 20.1. The highest BCUT2D eigenvalue weighted by atomic mass is 19.1. The summed E-state index contributed by atoms with van der Waals surface area (Å²) in [7, 11) is 0. The number of hydrogen-bond acceptors (Lipinski definition) is 5. The fraction of sp³-hybridized carbons (Fsp3) is 0.0455. The van der Waals surface area contributed by atoms with E-state index in [-0.39, 0.29) is 24.0 Å². The molecule has 4 rings (SSSR count). The molecule has 144 valence electrons. The molecular formula is C22H16FN3O3. The average molecular weight is 389 g/mol. The molecule has 4 aromatic rings. The summed E-state index contributed by atoms with van der Waals surface area (Å²) < 4.78 is 23.7. The summed E-state index contributed by atoms with van der Waals surface area (Å²) in [6.45, 7) is 0.252. The smallest absolute Gasteiger partial charge is 0.290 e. The van der Waals surface area contributed by atoms with E-state index in [4.69, 9.17) is 9.26 Å². The number of aromatic nitrogens is 2. The van der Waals surface area contributed by atoms with Gasteiger partial charge in [-0.3, -0.25) is 4.79 Å². The second-order valence-corrected chi connectivity index (χ2v) is 6.18. The summed E-state index contributed by atoms with van der Waals surface area (Å²) in [5.74, 6) is 0.215. The summed E-state index contributed by atoms with van der Waals surface area (Å²) in [6.07, 6.45) is 1.57. The molecule has 7 heteroatoms. The first-order chi connectivity index (χ1) is 14.2. The first-order valence-electron chi connectivity index (χ1n) is 8.86. The molecule has 2 aromatic carbocycles. The second-order valence-electron chi connectivity index (χ2n) is 6.18. The van der Waals surface area contributed by atoms with Crippen molar-refractivity contribution < 1.29 is 18.4 Å². The molecule has 0 saturated carbocycles. The lowest BCUT2D eigenvalue weighted by atomic mass is 10.1. The van der Waals surface area contributed by atoms with Gasteiger partial charge < -0.3 is 14.6 Å². The third kappa shape index (κ3) is 4.65. The van der Waals surface area contributed by atoms with E-state index in [0.29, 0.717) is 17.3 Å². The van der Waals surface area contributed by atoms with Crippen LogP contribution in [0.25, 0.3) is 11.3 Å². The Morgan fingerprint density at radius 3 is 2.62 bits per heavy atom. The zero-order valence-electron chi connectivity index (χ0n) is 15.2. The van der Waals surface area contributed by atoms with Crippen molar-refractivity contribution in [2.24, 2.45) is 0 Å². The molecule has 0 atom stereocenters. The van der Waals surface area contributed by atoms with E-state index in [0.717, 1.165) is 11.1 Å². The highest BCUT2D eigenvalue weighted by molar-refractivity contribution is 5.92. The van der Waals surface area contributed by atoms with Crippen LogP contribution in [-0.4, -0.2) is 16.0 Å². The molecule has 0 aliphatic heterocycles. The third-order valence-electron chi connectivity index (χ3n) is 4.09. The largest absolute Gasteiger partial charge is 0.439 e. The van der Waals surface area contributed by atoms with Gasteiger partial charge in [0.15, 0.2) is 0 Å². The molecule has 0 fully saturated rings. The van der Waals surface area contributed by atoms with Gasteiger partial charge in [-0.15, -0.1) is 0 Å². The maximum absolute atomic E-state index is 13.0. The Hall–Kier alpha value is -4.00. The fourth-order valence-corrected chi connectivity index (χ4v) is 2.64. The lowest BCUT2D eigenvalue weighted by Crippen LogP contribution is -2.22. The van der Waals surface area contributed by atoms with Crippen LogP contribution in [0, 0.1) is 5.82 Å². The minimum atomic E-state index is -0.377. The average Bonchev–Trinajstić information content (AvgIpc) is 3.25. The zero-order chi connectivity index (χ0) is 20.1. The number of benzene rings is 2. The van der Waals surface area contributed by atoms with Crippen LogP contribution in [0.3, 0.4) is 0 Å². The molecule has 0 bridgehead atoms. The standard InChI is InChI=1S/C22H16FN3O3/c23-17-6-8-18(9-7-17)28-21-12-15(10-11-24-21)14-25-22(27)20-13-19(26-29-20)16-4-2-1-3-5-16/h1-13H,14H2,(H,25,27). The van der Waals surface area contributed by atoms with E-state index in [1.54, 1.807) is 24.4 Å². The molecular weight excluding hydrogens is 373 g/mol. The second kappa shape index (κ2) is 8.35. The maximum atomic E-state index is 13.0. The summed E-state index contributed by atoms with van der Waals surface area (Å²) >= 11 is 0. The van der Waals surface area contributed by atoms with Gasteiger partial charge in [0.2, 0.25) is 11.6 Å². The number of nitrogens with zero attached hydrogens (tertiary/aromatic N) is 2. The number of pyridine rings is 1. The van der Waals surface area contributed by atoms with Crippen molar-refractivity contribution in [1.29, 1.82) is 0 Å². The van der Waals surface area contributed by atoms with Crippen molar-refractivity contribution in [2.75, 3.05) is 0 Å². The van der Waals surface area contributed by atoms with Crippen molar-refractivity contribution in [2.45, 2.75) is 6.54 Å². The third-order valence-corrected chi connectivity index (χ3v) is 4.09. The quantitative estimate of drug-likeness (QED) is 0.522. The van der Waals surface area contributed by atoms with Gasteiger partial charge in [0.1, 0.15) is 17.3 Å². The van der Waals surface area contributed by atoms with Gasteiger partial charge in [-0.2, -0.15) is 0 Å². The Labute approximate surface area is 166 Å².